The standard InChI is InChI=1S/C21H32N4O/c1-24(2)19(26)21(13-7-8-14-21)17-22-20(25-15-9-4-10-16-25)23-18-11-5-3-6-12-18/h3,5-6,11-12H,4,7-10,13-17H2,1-2H3,(H,22,23). The average molecular weight is 357 g/mol. The second kappa shape index (κ2) is 8.56. The zero-order chi connectivity index (χ0) is 18.4. The van der Waals surface area contributed by atoms with Gasteiger partial charge >= 0.3 is 0 Å². The summed E-state index contributed by atoms with van der Waals surface area (Å²) < 4.78 is 0. The van der Waals surface area contributed by atoms with E-state index in [9.17, 15) is 4.79 Å². The minimum absolute atomic E-state index is 0.233. The van der Waals surface area contributed by atoms with Gasteiger partial charge in [-0.3, -0.25) is 9.79 Å². The van der Waals surface area contributed by atoms with Crippen LogP contribution in [0.5, 0.6) is 0 Å². The Bertz CT molecular complexity index is 614. The van der Waals surface area contributed by atoms with Crippen LogP contribution < -0.4 is 5.32 Å². The molecule has 1 heterocycles. The Morgan fingerprint density at radius 1 is 1.08 bits per heavy atom. The van der Waals surface area contributed by atoms with Crippen LogP contribution in [0.15, 0.2) is 35.3 Å². The zero-order valence-corrected chi connectivity index (χ0v) is 16.2. The highest BCUT2D eigenvalue weighted by Gasteiger charge is 2.42. The van der Waals surface area contributed by atoms with E-state index in [1.54, 1.807) is 4.90 Å². The number of carbonyl (C=O) groups excluding carboxylic acids is 1. The lowest BCUT2D eigenvalue weighted by molar-refractivity contribution is -0.138. The molecule has 0 bridgehead atoms. The predicted octanol–water partition coefficient (Wildman–Crippen LogP) is 3.59. The molecule has 1 aliphatic heterocycles. The monoisotopic (exact) mass is 356 g/mol. The number of hydrogen-bond donors (Lipinski definition) is 1. The van der Waals surface area contributed by atoms with E-state index in [4.69, 9.17) is 4.99 Å². The molecule has 5 nitrogen and oxygen atoms in total. The molecule has 1 N–H and O–H groups in total. The van der Waals surface area contributed by atoms with Crippen molar-refractivity contribution in [3.8, 4) is 0 Å². The number of anilines is 1. The Morgan fingerprint density at radius 3 is 2.35 bits per heavy atom. The van der Waals surface area contributed by atoms with Crippen molar-refractivity contribution >= 4 is 17.6 Å². The Balaban J connectivity index is 1.81. The van der Waals surface area contributed by atoms with E-state index in [-0.39, 0.29) is 11.3 Å². The van der Waals surface area contributed by atoms with Crippen molar-refractivity contribution < 1.29 is 4.79 Å². The van der Waals surface area contributed by atoms with Crippen LogP contribution in [0, 0.1) is 5.41 Å². The van der Waals surface area contributed by atoms with Gasteiger partial charge in [0, 0.05) is 32.9 Å². The van der Waals surface area contributed by atoms with Crippen LogP contribution in [-0.2, 0) is 4.79 Å². The van der Waals surface area contributed by atoms with Crippen molar-refractivity contribution in [2.24, 2.45) is 10.4 Å². The van der Waals surface area contributed by atoms with Crippen molar-refractivity contribution in [2.75, 3.05) is 39.0 Å². The van der Waals surface area contributed by atoms with Gasteiger partial charge in [0.05, 0.1) is 12.0 Å². The number of carbonyl (C=O) groups is 1. The smallest absolute Gasteiger partial charge is 0.230 e. The lowest BCUT2D eigenvalue weighted by atomic mass is 9.85. The molecule has 2 aliphatic rings. The summed E-state index contributed by atoms with van der Waals surface area (Å²) in [7, 11) is 3.72. The van der Waals surface area contributed by atoms with Crippen molar-refractivity contribution in [3.63, 3.8) is 0 Å². The third-order valence-electron chi connectivity index (χ3n) is 5.64. The summed E-state index contributed by atoms with van der Waals surface area (Å²) in [6.45, 7) is 2.65. The van der Waals surface area contributed by atoms with Crippen LogP contribution in [0.25, 0.3) is 0 Å². The molecule has 1 aromatic rings. The second-order valence-electron chi connectivity index (χ2n) is 7.87. The molecule has 0 atom stereocenters. The highest BCUT2D eigenvalue weighted by Crippen LogP contribution is 2.40. The summed E-state index contributed by atoms with van der Waals surface area (Å²) in [4.78, 5) is 21.9. The van der Waals surface area contributed by atoms with Gasteiger partial charge < -0.3 is 15.1 Å². The number of para-hydroxylation sites is 1. The molecule has 1 aliphatic carbocycles. The van der Waals surface area contributed by atoms with Crippen LogP contribution in [0.1, 0.15) is 44.9 Å². The van der Waals surface area contributed by atoms with Gasteiger partial charge in [-0.25, -0.2) is 0 Å². The first-order valence-corrected chi connectivity index (χ1v) is 9.94. The van der Waals surface area contributed by atoms with Gasteiger partial charge in [0.1, 0.15) is 0 Å². The topological polar surface area (TPSA) is 47.9 Å². The normalized spacial score (nSPS) is 20.1. The molecule has 0 aromatic heterocycles. The first-order valence-electron chi connectivity index (χ1n) is 9.94. The summed E-state index contributed by atoms with van der Waals surface area (Å²) in [6, 6.07) is 10.2. The van der Waals surface area contributed by atoms with Gasteiger partial charge in [-0.05, 0) is 44.2 Å². The molecule has 26 heavy (non-hydrogen) atoms. The van der Waals surface area contributed by atoms with Crippen LogP contribution in [0.3, 0.4) is 0 Å². The zero-order valence-electron chi connectivity index (χ0n) is 16.2. The van der Waals surface area contributed by atoms with Crippen molar-refractivity contribution in [1.29, 1.82) is 0 Å². The quantitative estimate of drug-likeness (QED) is 0.662. The Labute approximate surface area is 157 Å². The predicted molar refractivity (Wildman–Crippen MR) is 107 cm³/mol. The van der Waals surface area contributed by atoms with Crippen molar-refractivity contribution in [2.45, 2.75) is 44.9 Å². The van der Waals surface area contributed by atoms with Crippen LogP contribution in [0.2, 0.25) is 0 Å². The Hall–Kier alpha value is -2.04. The average Bonchev–Trinajstić information content (AvgIpc) is 3.16. The van der Waals surface area contributed by atoms with Crippen LogP contribution in [-0.4, -0.2) is 55.4 Å². The number of likely N-dealkylation sites (tertiary alicyclic amines) is 1. The molecule has 1 amide bonds. The molecule has 1 aromatic carbocycles. The summed E-state index contributed by atoms with van der Waals surface area (Å²) in [6.07, 6.45) is 7.85. The van der Waals surface area contributed by atoms with Gasteiger partial charge in [0.2, 0.25) is 5.91 Å². The molecular weight excluding hydrogens is 324 g/mol. The number of rotatable bonds is 4. The minimum atomic E-state index is -0.317. The number of nitrogens with zero attached hydrogens (tertiary/aromatic N) is 3. The fourth-order valence-corrected chi connectivity index (χ4v) is 4.17. The SMILES string of the molecule is CN(C)C(=O)C1(CN=C(Nc2ccccc2)N2CCCCC2)CCCC1. The third kappa shape index (κ3) is 4.37. The Morgan fingerprint density at radius 2 is 1.73 bits per heavy atom. The number of nitrogens with one attached hydrogen (secondary N) is 1. The van der Waals surface area contributed by atoms with E-state index in [2.05, 4.69) is 22.3 Å². The van der Waals surface area contributed by atoms with E-state index in [0.717, 1.165) is 50.4 Å². The van der Waals surface area contributed by atoms with Gasteiger partial charge in [0.25, 0.3) is 0 Å². The lowest BCUT2D eigenvalue weighted by Crippen LogP contribution is -2.43. The fourth-order valence-electron chi connectivity index (χ4n) is 4.17. The summed E-state index contributed by atoms with van der Waals surface area (Å²) >= 11 is 0. The maximum Gasteiger partial charge on any atom is 0.230 e. The number of piperidine rings is 1. The molecule has 1 saturated heterocycles. The molecule has 3 rings (SSSR count). The minimum Gasteiger partial charge on any atom is -0.348 e. The Kier molecular flexibility index (Phi) is 6.17. The summed E-state index contributed by atoms with van der Waals surface area (Å²) in [5, 5.41) is 3.51. The number of aliphatic imine (C=N–C) groups is 1. The lowest BCUT2D eigenvalue weighted by Gasteiger charge is -2.33. The molecule has 0 unspecified atom stereocenters. The van der Waals surface area contributed by atoms with E-state index in [1.807, 2.05) is 32.3 Å². The molecular formula is C21H32N4O. The highest BCUT2D eigenvalue weighted by molar-refractivity contribution is 5.94. The van der Waals surface area contributed by atoms with Crippen LogP contribution >= 0.6 is 0 Å². The first kappa shape index (κ1) is 18.7. The molecule has 5 heteroatoms. The van der Waals surface area contributed by atoms with E-state index in [0.29, 0.717) is 6.54 Å². The van der Waals surface area contributed by atoms with Gasteiger partial charge in [-0.1, -0.05) is 31.0 Å². The van der Waals surface area contributed by atoms with Crippen LogP contribution in [0.4, 0.5) is 5.69 Å². The van der Waals surface area contributed by atoms with Crippen molar-refractivity contribution in [3.05, 3.63) is 30.3 Å². The maximum atomic E-state index is 12.8. The van der Waals surface area contributed by atoms with Crippen molar-refractivity contribution in [1.82, 2.24) is 9.80 Å². The fraction of sp³-hybridized carbons (Fsp3) is 0.619. The number of guanidine groups is 1. The first-order chi connectivity index (χ1) is 12.6. The number of amides is 1. The third-order valence-corrected chi connectivity index (χ3v) is 5.64. The van der Waals surface area contributed by atoms with Gasteiger partial charge in [-0.15, -0.1) is 0 Å². The van der Waals surface area contributed by atoms with E-state index < -0.39 is 0 Å². The molecule has 142 valence electrons. The molecule has 1 saturated carbocycles. The molecule has 2 fully saturated rings. The molecule has 0 spiro atoms. The van der Waals surface area contributed by atoms with E-state index in [1.165, 1.54) is 19.3 Å². The second-order valence-corrected chi connectivity index (χ2v) is 7.87. The van der Waals surface area contributed by atoms with Gasteiger partial charge in [0.15, 0.2) is 5.96 Å². The maximum absolute atomic E-state index is 12.8. The summed E-state index contributed by atoms with van der Waals surface area (Å²) in [5.74, 6) is 1.16. The van der Waals surface area contributed by atoms with E-state index >= 15 is 0 Å². The molecule has 0 radical (unpaired) electrons. The highest BCUT2D eigenvalue weighted by atomic mass is 16.2. The summed E-state index contributed by atoms with van der Waals surface area (Å²) in [5.41, 5.74) is 0.736. The number of benzene rings is 1. The number of hydrogen-bond acceptors (Lipinski definition) is 2. The van der Waals surface area contributed by atoms with Gasteiger partial charge in [-0.2, -0.15) is 0 Å². The largest absolute Gasteiger partial charge is 0.348 e.